The third-order valence-corrected chi connectivity index (χ3v) is 11.7. The van der Waals surface area contributed by atoms with Crippen molar-refractivity contribution in [3.8, 4) is 33.4 Å². The number of fused-ring (bicyclic) bond motifs is 6. The van der Waals surface area contributed by atoms with Crippen LogP contribution in [-0.4, -0.2) is 0 Å². The molecular weight excluding hydrogens is 573 g/mol. The van der Waals surface area contributed by atoms with E-state index in [1.165, 1.54) is 97.0 Å². The molecule has 0 aliphatic heterocycles. The van der Waals surface area contributed by atoms with E-state index >= 15 is 0 Å². The zero-order valence-electron chi connectivity index (χ0n) is 25.8. The summed E-state index contributed by atoms with van der Waals surface area (Å²) in [6, 6.07) is 54.4. The van der Waals surface area contributed by atoms with Crippen LogP contribution in [0.5, 0.6) is 0 Å². The van der Waals surface area contributed by atoms with Crippen molar-refractivity contribution in [1.82, 2.24) is 0 Å². The molecule has 0 N–H and O–H groups in total. The highest BCUT2D eigenvalue weighted by molar-refractivity contribution is 7.26. The molecule has 0 spiro atoms. The van der Waals surface area contributed by atoms with E-state index in [4.69, 9.17) is 0 Å². The minimum atomic E-state index is 0.00687. The van der Waals surface area contributed by atoms with Gasteiger partial charge in [-0.25, -0.2) is 0 Å². The molecule has 8 aromatic carbocycles. The maximum atomic E-state index is 2.42. The molecule has 1 aliphatic carbocycles. The van der Waals surface area contributed by atoms with Crippen molar-refractivity contribution in [2.75, 3.05) is 0 Å². The Hall–Kier alpha value is -5.24. The van der Waals surface area contributed by atoms with Crippen molar-refractivity contribution in [2.45, 2.75) is 19.3 Å². The monoisotopic (exact) mass is 602 g/mol. The number of benzene rings is 8. The molecule has 1 aliphatic rings. The summed E-state index contributed by atoms with van der Waals surface area (Å²) in [6.45, 7) is 4.74. The maximum Gasteiger partial charge on any atom is 0.0433 e. The number of hydrogen-bond donors (Lipinski definition) is 0. The zero-order valence-corrected chi connectivity index (χ0v) is 26.6. The second-order valence-corrected chi connectivity index (χ2v) is 14.3. The van der Waals surface area contributed by atoms with Gasteiger partial charge in [-0.15, -0.1) is 11.3 Å². The van der Waals surface area contributed by atoms with Gasteiger partial charge in [0.1, 0.15) is 0 Å². The average Bonchev–Trinajstić information content (AvgIpc) is 3.61. The van der Waals surface area contributed by atoms with Crippen molar-refractivity contribution in [2.24, 2.45) is 0 Å². The first-order chi connectivity index (χ1) is 22.6. The smallest absolute Gasteiger partial charge is 0.0433 e. The summed E-state index contributed by atoms with van der Waals surface area (Å²) in [6.07, 6.45) is 0. The lowest BCUT2D eigenvalue weighted by Gasteiger charge is -2.21. The Morgan fingerprint density at radius 2 is 0.935 bits per heavy atom. The molecule has 1 aromatic heterocycles. The van der Waals surface area contributed by atoms with Crippen LogP contribution in [0.15, 0.2) is 146 Å². The summed E-state index contributed by atoms with van der Waals surface area (Å²) in [7, 11) is 0. The lowest BCUT2D eigenvalue weighted by Crippen LogP contribution is -2.14. The van der Waals surface area contributed by atoms with Crippen LogP contribution in [0.2, 0.25) is 0 Å². The predicted molar refractivity (Wildman–Crippen MR) is 200 cm³/mol. The van der Waals surface area contributed by atoms with Gasteiger partial charge in [0.15, 0.2) is 0 Å². The fraction of sp³-hybridized carbons (Fsp3) is 0.0667. The third-order valence-electron chi connectivity index (χ3n) is 10.4. The van der Waals surface area contributed by atoms with E-state index in [9.17, 15) is 0 Å². The fourth-order valence-corrected chi connectivity index (χ4v) is 9.42. The Balaban J connectivity index is 1.11. The van der Waals surface area contributed by atoms with Crippen LogP contribution in [-0.2, 0) is 5.41 Å². The second kappa shape index (κ2) is 9.39. The van der Waals surface area contributed by atoms with Gasteiger partial charge in [0.25, 0.3) is 0 Å². The summed E-state index contributed by atoms with van der Waals surface area (Å²) in [5.41, 5.74) is 10.4. The van der Waals surface area contributed by atoms with Crippen molar-refractivity contribution in [1.29, 1.82) is 0 Å². The van der Waals surface area contributed by atoms with E-state index in [0.29, 0.717) is 0 Å². The number of hydrogen-bond acceptors (Lipinski definition) is 1. The van der Waals surface area contributed by atoms with Gasteiger partial charge < -0.3 is 0 Å². The van der Waals surface area contributed by atoms with Gasteiger partial charge in [0.2, 0.25) is 0 Å². The zero-order chi connectivity index (χ0) is 30.6. The van der Waals surface area contributed by atoms with Crippen molar-refractivity contribution in [3.05, 3.63) is 157 Å². The van der Waals surface area contributed by atoms with Crippen LogP contribution < -0.4 is 0 Å². The van der Waals surface area contributed by atoms with E-state index in [1.54, 1.807) is 0 Å². The lowest BCUT2D eigenvalue weighted by molar-refractivity contribution is 0.663. The molecule has 0 fully saturated rings. The van der Waals surface area contributed by atoms with Crippen molar-refractivity contribution < 1.29 is 0 Å². The summed E-state index contributed by atoms with van der Waals surface area (Å²) in [4.78, 5) is 0. The van der Waals surface area contributed by atoms with Gasteiger partial charge in [-0.05, 0) is 101 Å². The van der Waals surface area contributed by atoms with Gasteiger partial charge in [-0.2, -0.15) is 0 Å². The Kier molecular flexibility index (Phi) is 5.31. The first-order valence-corrected chi connectivity index (χ1v) is 16.9. The molecule has 1 heteroatoms. The van der Waals surface area contributed by atoms with Gasteiger partial charge in [-0.3, -0.25) is 0 Å². The van der Waals surface area contributed by atoms with E-state index in [0.717, 1.165) is 0 Å². The molecule has 0 saturated heterocycles. The van der Waals surface area contributed by atoms with E-state index in [2.05, 4.69) is 159 Å². The maximum absolute atomic E-state index is 2.42. The Morgan fingerprint density at radius 3 is 1.67 bits per heavy atom. The summed E-state index contributed by atoms with van der Waals surface area (Å²) < 4.78 is 2.69. The molecule has 216 valence electrons. The normalized spacial score (nSPS) is 13.6. The molecule has 0 bridgehead atoms. The molecule has 0 nitrogen and oxygen atoms in total. The first kappa shape index (κ1) is 26.0. The van der Waals surface area contributed by atoms with E-state index in [1.807, 2.05) is 11.3 Å². The number of rotatable bonds is 3. The summed E-state index contributed by atoms with van der Waals surface area (Å²) in [5.74, 6) is 0. The average molecular weight is 603 g/mol. The Morgan fingerprint density at radius 1 is 0.391 bits per heavy atom. The Labute approximate surface area is 272 Å². The fourth-order valence-electron chi connectivity index (χ4n) is 8.18. The standard InChI is InChI=1S/C45H30S/c1-45(2)39-19-8-16-35-33-23-22-30(26-38(33)36-17-9-20-40(45)43(36)42(35)39)28-11-5-10-27(24-28)29-12-6-13-31(25-29)32-15-7-18-37-34-14-3-4-21-41(34)46-44(32)37/h3-26H,1-2H3. The first-order valence-electron chi connectivity index (χ1n) is 16.1. The van der Waals surface area contributed by atoms with Crippen LogP contribution in [0, 0.1) is 0 Å². The van der Waals surface area contributed by atoms with Crippen LogP contribution in [0.3, 0.4) is 0 Å². The third kappa shape index (κ3) is 3.55. The topological polar surface area (TPSA) is 0 Å². The van der Waals surface area contributed by atoms with Crippen molar-refractivity contribution in [3.63, 3.8) is 0 Å². The predicted octanol–water partition coefficient (Wildman–Crippen LogP) is 13.2. The summed E-state index contributed by atoms with van der Waals surface area (Å²) in [5, 5.41) is 10.9. The lowest BCUT2D eigenvalue weighted by atomic mass is 9.82. The largest absolute Gasteiger partial charge is 0.135 e. The minimum Gasteiger partial charge on any atom is -0.135 e. The van der Waals surface area contributed by atoms with Crippen LogP contribution in [0.25, 0.3) is 85.9 Å². The molecule has 0 radical (unpaired) electrons. The minimum absolute atomic E-state index is 0.00687. The molecule has 1 heterocycles. The quantitative estimate of drug-likeness (QED) is 0.177. The summed E-state index contributed by atoms with van der Waals surface area (Å²) >= 11 is 1.89. The molecule has 0 atom stereocenters. The molecule has 9 aromatic rings. The van der Waals surface area contributed by atoms with E-state index in [-0.39, 0.29) is 5.41 Å². The van der Waals surface area contributed by atoms with Crippen LogP contribution in [0.4, 0.5) is 0 Å². The van der Waals surface area contributed by atoms with Crippen LogP contribution in [0.1, 0.15) is 25.0 Å². The molecule has 10 rings (SSSR count). The molecule has 0 saturated carbocycles. The van der Waals surface area contributed by atoms with Gasteiger partial charge in [0, 0.05) is 25.6 Å². The van der Waals surface area contributed by atoms with E-state index < -0.39 is 0 Å². The highest BCUT2D eigenvalue weighted by Crippen LogP contribution is 2.51. The molecule has 46 heavy (non-hydrogen) atoms. The molecule has 0 unspecified atom stereocenters. The molecule has 0 amide bonds. The van der Waals surface area contributed by atoms with Gasteiger partial charge in [-0.1, -0.05) is 135 Å². The van der Waals surface area contributed by atoms with Crippen LogP contribution >= 0.6 is 11.3 Å². The highest BCUT2D eigenvalue weighted by atomic mass is 32.1. The number of thiophene rings is 1. The SMILES string of the molecule is CC1(C)c2cccc3c4ccc(-c5cccc(-c6cccc(-c7cccc8c7sc7ccccc78)c6)c5)cc4c4cccc1c4c23. The highest BCUT2D eigenvalue weighted by Gasteiger charge is 2.34. The second-order valence-electron chi connectivity index (χ2n) is 13.3. The van der Waals surface area contributed by atoms with Gasteiger partial charge >= 0.3 is 0 Å². The Bertz CT molecular complexity index is 2720. The molecular formula is C45H30S. The van der Waals surface area contributed by atoms with Crippen molar-refractivity contribution >= 4 is 63.8 Å². The van der Waals surface area contributed by atoms with Gasteiger partial charge in [0.05, 0.1) is 0 Å².